The first-order chi connectivity index (χ1) is 5.52. The molecule has 0 aliphatic heterocycles. The number of benzene rings is 1. The molecule has 64 valence electrons. The molecule has 0 amide bonds. The number of carboxylic acids is 1. The molecule has 0 saturated carbocycles. The molecule has 12 heavy (non-hydrogen) atoms. The molecule has 0 spiro atoms. The summed E-state index contributed by atoms with van der Waals surface area (Å²) in [5.74, 6) is -1.13. The molecular weight excluding hydrogens is 158 g/mol. The minimum absolute atomic E-state index is 0.0525. The van der Waals surface area contributed by atoms with Gasteiger partial charge in [0.25, 0.3) is 0 Å². The smallest absolute Gasteiger partial charge is 0.337 e. The lowest BCUT2D eigenvalue weighted by molar-refractivity contribution is 0.0698. The molecule has 0 aliphatic rings. The summed E-state index contributed by atoms with van der Waals surface area (Å²) in [6.45, 7) is 0. The highest BCUT2D eigenvalue weighted by molar-refractivity contribution is 5.98. The molecule has 5 heteroatoms. The summed E-state index contributed by atoms with van der Waals surface area (Å²) >= 11 is 0. The standard InChI is InChI=1S/C7H9N3O2/c8-3-1-4(7(11)12)6(10)5(9)2-3/h1-2H,8-10H2,(H,11,12). The zero-order chi connectivity index (χ0) is 9.30. The van der Waals surface area contributed by atoms with E-state index in [4.69, 9.17) is 22.3 Å². The second-order valence-corrected chi connectivity index (χ2v) is 2.38. The maximum Gasteiger partial charge on any atom is 0.337 e. The van der Waals surface area contributed by atoms with E-state index in [1.165, 1.54) is 12.1 Å². The molecule has 0 radical (unpaired) electrons. The third-order valence-electron chi connectivity index (χ3n) is 1.46. The largest absolute Gasteiger partial charge is 0.478 e. The van der Waals surface area contributed by atoms with Gasteiger partial charge in [0, 0.05) is 5.69 Å². The summed E-state index contributed by atoms with van der Waals surface area (Å²) in [5.41, 5.74) is 16.6. The summed E-state index contributed by atoms with van der Waals surface area (Å²) < 4.78 is 0. The fraction of sp³-hybridized carbons (Fsp3) is 0. The Labute approximate surface area is 68.8 Å². The Hall–Kier alpha value is -1.91. The minimum Gasteiger partial charge on any atom is -0.478 e. The van der Waals surface area contributed by atoms with Gasteiger partial charge >= 0.3 is 5.97 Å². The average Bonchev–Trinajstić information content (AvgIpc) is 1.96. The Morgan fingerprint density at radius 2 is 1.83 bits per heavy atom. The van der Waals surface area contributed by atoms with E-state index in [9.17, 15) is 4.79 Å². The van der Waals surface area contributed by atoms with Gasteiger partial charge in [0.2, 0.25) is 0 Å². The van der Waals surface area contributed by atoms with E-state index in [-0.39, 0.29) is 16.9 Å². The molecule has 1 aromatic carbocycles. The van der Waals surface area contributed by atoms with Gasteiger partial charge in [0.1, 0.15) is 0 Å². The summed E-state index contributed by atoms with van der Waals surface area (Å²) in [5, 5.41) is 8.62. The average molecular weight is 167 g/mol. The van der Waals surface area contributed by atoms with Crippen LogP contribution in [0, 0.1) is 0 Å². The zero-order valence-corrected chi connectivity index (χ0v) is 6.24. The Kier molecular flexibility index (Phi) is 1.78. The quantitative estimate of drug-likeness (QED) is 0.444. The highest BCUT2D eigenvalue weighted by Gasteiger charge is 2.10. The molecule has 0 atom stereocenters. The Bertz CT molecular complexity index is 336. The molecule has 0 aliphatic carbocycles. The number of nitrogen functional groups attached to an aromatic ring is 3. The lowest BCUT2D eigenvalue weighted by atomic mass is 10.1. The highest BCUT2D eigenvalue weighted by Crippen LogP contribution is 2.23. The van der Waals surface area contributed by atoms with E-state index in [2.05, 4.69) is 0 Å². The predicted molar refractivity (Wildman–Crippen MR) is 46.6 cm³/mol. The lowest BCUT2D eigenvalue weighted by Gasteiger charge is -2.05. The molecule has 0 unspecified atom stereocenters. The van der Waals surface area contributed by atoms with Crippen LogP contribution in [-0.2, 0) is 0 Å². The Morgan fingerprint density at radius 1 is 1.25 bits per heavy atom. The van der Waals surface area contributed by atoms with Crippen molar-refractivity contribution in [3.8, 4) is 0 Å². The van der Waals surface area contributed by atoms with E-state index >= 15 is 0 Å². The van der Waals surface area contributed by atoms with Crippen LogP contribution in [0.25, 0.3) is 0 Å². The van der Waals surface area contributed by atoms with E-state index in [1.54, 1.807) is 0 Å². The maximum atomic E-state index is 10.5. The molecule has 5 nitrogen and oxygen atoms in total. The van der Waals surface area contributed by atoms with Crippen molar-refractivity contribution in [2.24, 2.45) is 0 Å². The van der Waals surface area contributed by atoms with Crippen molar-refractivity contribution in [3.63, 3.8) is 0 Å². The van der Waals surface area contributed by atoms with Crippen molar-refractivity contribution in [1.82, 2.24) is 0 Å². The van der Waals surface area contributed by atoms with Crippen LogP contribution in [0.2, 0.25) is 0 Å². The van der Waals surface area contributed by atoms with Crippen LogP contribution in [-0.4, -0.2) is 11.1 Å². The van der Waals surface area contributed by atoms with Gasteiger partial charge in [-0.25, -0.2) is 4.79 Å². The molecule has 0 fully saturated rings. The van der Waals surface area contributed by atoms with Crippen molar-refractivity contribution >= 4 is 23.0 Å². The van der Waals surface area contributed by atoms with Crippen molar-refractivity contribution in [2.75, 3.05) is 17.2 Å². The van der Waals surface area contributed by atoms with Gasteiger partial charge in [-0.1, -0.05) is 0 Å². The van der Waals surface area contributed by atoms with Gasteiger partial charge in [-0.15, -0.1) is 0 Å². The van der Waals surface area contributed by atoms with Crippen LogP contribution in [0.4, 0.5) is 17.1 Å². The number of nitrogens with two attached hydrogens (primary N) is 3. The number of anilines is 3. The summed E-state index contributed by atoms with van der Waals surface area (Å²) in [6.07, 6.45) is 0. The first kappa shape index (κ1) is 8.19. The van der Waals surface area contributed by atoms with Gasteiger partial charge in [0.15, 0.2) is 0 Å². The van der Waals surface area contributed by atoms with Crippen LogP contribution < -0.4 is 17.2 Å². The predicted octanol–water partition coefficient (Wildman–Crippen LogP) is 0.131. The Morgan fingerprint density at radius 3 is 2.33 bits per heavy atom. The van der Waals surface area contributed by atoms with Gasteiger partial charge in [-0.2, -0.15) is 0 Å². The lowest BCUT2D eigenvalue weighted by Crippen LogP contribution is -2.06. The number of carbonyl (C=O) groups is 1. The van der Waals surface area contributed by atoms with Crippen LogP contribution in [0.5, 0.6) is 0 Å². The topological polar surface area (TPSA) is 115 Å². The van der Waals surface area contributed by atoms with Gasteiger partial charge in [-0.3, -0.25) is 0 Å². The molecular formula is C7H9N3O2. The van der Waals surface area contributed by atoms with Crippen molar-refractivity contribution in [3.05, 3.63) is 17.7 Å². The first-order valence-corrected chi connectivity index (χ1v) is 3.20. The minimum atomic E-state index is -1.13. The van der Waals surface area contributed by atoms with E-state index in [0.717, 1.165) is 0 Å². The van der Waals surface area contributed by atoms with Crippen LogP contribution in [0.15, 0.2) is 12.1 Å². The number of carboxylic acid groups (broad SMARTS) is 1. The second kappa shape index (κ2) is 2.61. The first-order valence-electron chi connectivity index (χ1n) is 3.20. The maximum absolute atomic E-state index is 10.5. The van der Waals surface area contributed by atoms with Gasteiger partial charge < -0.3 is 22.3 Å². The number of hydrogen-bond donors (Lipinski definition) is 4. The fourth-order valence-corrected chi connectivity index (χ4v) is 0.876. The molecule has 0 aromatic heterocycles. The van der Waals surface area contributed by atoms with Crippen molar-refractivity contribution < 1.29 is 9.90 Å². The van der Waals surface area contributed by atoms with Crippen molar-refractivity contribution in [1.29, 1.82) is 0 Å². The van der Waals surface area contributed by atoms with Crippen LogP contribution >= 0.6 is 0 Å². The summed E-state index contributed by atoms with van der Waals surface area (Å²) in [4.78, 5) is 10.5. The fourth-order valence-electron chi connectivity index (χ4n) is 0.876. The molecule has 1 aromatic rings. The third-order valence-corrected chi connectivity index (χ3v) is 1.46. The van der Waals surface area contributed by atoms with Crippen LogP contribution in [0.1, 0.15) is 10.4 Å². The molecule has 0 saturated heterocycles. The van der Waals surface area contributed by atoms with Crippen LogP contribution in [0.3, 0.4) is 0 Å². The molecule has 0 bridgehead atoms. The summed E-state index contributed by atoms with van der Waals surface area (Å²) in [7, 11) is 0. The Balaban J connectivity index is 3.37. The number of aromatic carboxylic acids is 1. The zero-order valence-electron chi connectivity index (χ0n) is 6.24. The van der Waals surface area contributed by atoms with Crippen molar-refractivity contribution in [2.45, 2.75) is 0 Å². The molecule has 7 N–H and O–H groups in total. The SMILES string of the molecule is Nc1cc(N)c(N)c(C(=O)O)c1. The molecule has 1 rings (SSSR count). The normalized spacial score (nSPS) is 9.67. The van der Waals surface area contributed by atoms with E-state index in [1.807, 2.05) is 0 Å². The van der Waals surface area contributed by atoms with E-state index < -0.39 is 5.97 Å². The van der Waals surface area contributed by atoms with E-state index in [0.29, 0.717) is 5.69 Å². The second-order valence-electron chi connectivity index (χ2n) is 2.38. The number of rotatable bonds is 1. The molecule has 0 heterocycles. The van der Waals surface area contributed by atoms with Gasteiger partial charge in [-0.05, 0) is 12.1 Å². The summed E-state index contributed by atoms with van der Waals surface area (Å²) in [6, 6.07) is 2.69. The number of hydrogen-bond acceptors (Lipinski definition) is 4. The van der Waals surface area contributed by atoms with Gasteiger partial charge in [0.05, 0.1) is 16.9 Å². The third kappa shape index (κ3) is 1.24. The monoisotopic (exact) mass is 167 g/mol. The highest BCUT2D eigenvalue weighted by atomic mass is 16.4.